The zero-order valence-corrected chi connectivity index (χ0v) is 37.1. The Morgan fingerprint density at radius 1 is 0.547 bits per heavy atom. The van der Waals surface area contributed by atoms with E-state index in [0.717, 1.165) is 51.6 Å². The van der Waals surface area contributed by atoms with Gasteiger partial charge in [-0.3, -0.25) is 0 Å². The van der Waals surface area contributed by atoms with E-state index in [1.54, 1.807) is 5.56 Å². The number of para-hydroxylation sites is 3. The monoisotopic (exact) mass is 827 g/mol. The first-order valence-corrected chi connectivity index (χ1v) is 23.5. The van der Waals surface area contributed by atoms with E-state index >= 15 is 0 Å². The number of nitrogens with zero attached hydrogens (tertiary/aromatic N) is 1. The summed E-state index contributed by atoms with van der Waals surface area (Å²) in [5, 5.41) is 5.17. The van der Waals surface area contributed by atoms with E-state index in [9.17, 15) is 0 Å². The first kappa shape index (κ1) is 38.7. The first-order chi connectivity index (χ1) is 31.4. The maximum absolute atomic E-state index is 6.55. The van der Waals surface area contributed by atoms with Crippen LogP contribution >= 0.6 is 0 Å². The summed E-state index contributed by atoms with van der Waals surface area (Å²) in [6, 6.07) is 63.6. The van der Waals surface area contributed by atoms with Gasteiger partial charge in [0.15, 0.2) is 0 Å². The van der Waals surface area contributed by atoms with Crippen molar-refractivity contribution in [2.24, 2.45) is 0 Å². The molecule has 0 spiro atoms. The van der Waals surface area contributed by atoms with E-state index in [1.165, 1.54) is 104 Å². The number of rotatable bonds is 7. The van der Waals surface area contributed by atoms with E-state index in [2.05, 4.69) is 196 Å². The molecule has 12 rings (SSSR count). The molecule has 1 saturated carbocycles. The van der Waals surface area contributed by atoms with Gasteiger partial charge >= 0.3 is 0 Å². The Labute approximate surface area is 376 Å². The highest BCUT2D eigenvalue weighted by molar-refractivity contribution is 6.09. The summed E-state index contributed by atoms with van der Waals surface area (Å²) in [4.78, 5) is 2.56. The molecule has 0 unspecified atom stereocenters. The zero-order chi connectivity index (χ0) is 42.9. The van der Waals surface area contributed by atoms with E-state index in [1.807, 2.05) is 6.07 Å². The Bertz CT molecular complexity index is 3410. The van der Waals surface area contributed by atoms with Crippen molar-refractivity contribution in [1.82, 2.24) is 0 Å². The highest BCUT2D eigenvalue weighted by Crippen LogP contribution is 2.51. The van der Waals surface area contributed by atoms with Crippen molar-refractivity contribution in [3.05, 3.63) is 208 Å². The molecular weight excluding hydrogens is 775 g/mol. The topological polar surface area (TPSA) is 16.4 Å². The summed E-state index contributed by atoms with van der Waals surface area (Å²) in [6.07, 6.45) is 11.1. The van der Waals surface area contributed by atoms with Gasteiger partial charge in [0.1, 0.15) is 11.2 Å². The Balaban J connectivity index is 1.08. The summed E-state index contributed by atoms with van der Waals surface area (Å²) in [7, 11) is 0. The summed E-state index contributed by atoms with van der Waals surface area (Å²) in [6.45, 7) is 7.00. The molecule has 1 fully saturated rings. The second-order valence-corrected chi connectivity index (χ2v) is 19.0. The molecule has 0 aliphatic heterocycles. The lowest BCUT2D eigenvalue weighted by Gasteiger charge is -2.32. The van der Waals surface area contributed by atoms with Gasteiger partial charge < -0.3 is 9.32 Å². The fourth-order valence-corrected chi connectivity index (χ4v) is 11.7. The van der Waals surface area contributed by atoms with Crippen LogP contribution in [0.25, 0.3) is 67.0 Å². The van der Waals surface area contributed by atoms with Crippen LogP contribution in [-0.2, 0) is 5.41 Å². The van der Waals surface area contributed by atoms with Gasteiger partial charge in [0, 0.05) is 38.6 Å². The van der Waals surface area contributed by atoms with Crippen molar-refractivity contribution in [2.75, 3.05) is 4.90 Å². The molecule has 0 radical (unpaired) electrons. The van der Waals surface area contributed by atoms with E-state index in [0.29, 0.717) is 5.92 Å². The van der Waals surface area contributed by atoms with Crippen LogP contribution in [-0.4, -0.2) is 0 Å². The second kappa shape index (κ2) is 15.4. The molecule has 1 aromatic heterocycles. The molecule has 2 heteroatoms. The molecule has 9 aromatic rings. The minimum absolute atomic E-state index is 0.100. The summed E-state index contributed by atoms with van der Waals surface area (Å²) < 4.78 is 6.55. The van der Waals surface area contributed by atoms with Crippen LogP contribution in [0.3, 0.4) is 0 Å². The van der Waals surface area contributed by atoms with Gasteiger partial charge in [-0.15, -0.1) is 0 Å². The number of fused-ring (bicyclic) bond motifs is 7. The summed E-state index contributed by atoms with van der Waals surface area (Å²) in [5.41, 5.74) is 21.0. The predicted octanol–water partition coefficient (Wildman–Crippen LogP) is 15.8. The van der Waals surface area contributed by atoms with Gasteiger partial charge in [-0.05, 0) is 135 Å². The van der Waals surface area contributed by atoms with Crippen LogP contribution in [0, 0.1) is 6.92 Å². The Morgan fingerprint density at radius 2 is 1.25 bits per heavy atom. The van der Waals surface area contributed by atoms with Gasteiger partial charge in [0.25, 0.3) is 0 Å². The van der Waals surface area contributed by atoms with Crippen LogP contribution < -0.4 is 15.3 Å². The van der Waals surface area contributed by atoms with Gasteiger partial charge in [0.05, 0.1) is 11.4 Å². The fraction of sp³-hybridized carbons (Fsp3) is 0.194. The van der Waals surface area contributed by atoms with Gasteiger partial charge in [0.2, 0.25) is 0 Å². The zero-order valence-electron chi connectivity index (χ0n) is 37.1. The van der Waals surface area contributed by atoms with Gasteiger partial charge in [-0.2, -0.15) is 0 Å². The average molecular weight is 828 g/mol. The first-order valence-electron chi connectivity index (χ1n) is 23.5. The lowest BCUT2D eigenvalue weighted by Crippen LogP contribution is -2.35. The third kappa shape index (κ3) is 6.29. The van der Waals surface area contributed by atoms with Gasteiger partial charge in [-0.25, -0.2) is 0 Å². The largest absolute Gasteiger partial charge is 0.455 e. The quantitative estimate of drug-likeness (QED) is 0.159. The molecule has 0 bridgehead atoms. The smallest absolute Gasteiger partial charge is 0.143 e. The standard InChI is InChI=1S/C62H53NO/c1-40-30-36-51(53-25-14-19-43-18-13-23-47(60(43)53)41-16-5-4-6-17-41)58(38-40)63(45-34-31-42(32-35-45)48-24-15-26-54-52-22-9-12-29-59(52)64-61(48)54)57-28-11-8-20-46(57)44-33-37-50-49-21-7-10-27-55(49)62(2,3)56(50)39-44/h7-13,15,18-24,26-39,41H,4-6,14,16-17,25H2,1-3H3. The van der Waals surface area contributed by atoms with Crippen molar-refractivity contribution in [3.63, 3.8) is 0 Å². The SMILES string of the molecule is Cc1ccc(C2=c3c(C4CCCCC4)cccc3=CCC2)c(N(c2ccc(-c3cccc4c3oc3ccccc34)cc2)c2ccccc2-c2ccc3c(c2)C(C)(C)c2ccccc2-3)c1. The fourth-order valence-electron chi connectivity index (χ4n) is 11.7. The van der Waals surface area contributed by atoms with Crippen LogP contribution in [0.15, 0.2) is 174 Å². The lowest BCUT2D eigenvalue weighted by atomic mass is 9.80. The number of benzene rings is 8. The van der Waals surface area contributed by atoms with Crippen molar-refractivity contribution in [3.8, 4) is 33.4 Å². The highest BCUT2D eigenvalue weighted by Gasteiger charge is 2.35. The Kier molecular flexibility index (Phi) is 9.34. The minimum Gasteiger partial charge on any atom is -0.455 e. The third-order valence-electron chi connectivity index (χ3n) is 14.8. The molecule has 8 aromatic carbocycles. The Hall–Kier alpha value is -6.90. The molecule has 0 amide bonds. The average Bonchev–Trinajstić information content (AvgIpc) is 3.84. The Morgan fingerprint density at radius 3 is 2.12 bits per heavy atom. The number of furan rings is 1. The van der Waals surface area contributed by atoms with E-state index in [4.69, 9.17) is 4.42 Å². The molecule has 0 atom stereocenters. The van der Waals surface area contributed by atoms with Crippen molar-refractivity contribution < 1.29 is 4.42 Å². The molecule has 3 aliphatic carbocycles. The second-order valence-electron chi connectivity index (χ2n) is 19.0. The van der Waals surface area contributed by atoms with E-state index in [-0.39, 0.29) is 5.41 Å². The summed E-state index contributed by atoms with van der Waals surface area (Å²) >= 11 is 0. The lowest BCUT2D eigenvalue weighted by molar-refractivity contribution is 0.442. The van der Waals surface area contributed by atoms with Gasteiger partial charge in [-0.1, -0.05) is 173 Å². The maximum Gasteiger partial charge on any atom is 0.143 e. The number of anilines is 3. The normalized spacial score (nSPS) is 15.5. The molecule has 312 valence electrons. The summed E-state index contributed by atoms with van der Waals surface area (Å²) in [5.74, 6) is 0.606. The predicted molar refractivity (Wildman–Crippen MR) is 269 cm³/mol. The van der Waals surface area contributed by atoms with Crippen molar-refractivity contribution >= 4 is 50.6 Å². The maximum atomic E-state index is 6.55. The van der Waals surface area contributed by atoms with Crippen LogP contribution in [0.4, 0.5) is 17.1 Å². The van der Waals surface area contributed by atoms with Crippen molar-refractivity contribution in [2.45, 2.75) is 77.0 Å². The minimum atomic E-state index is -0.100. The van der Waals surface area contributed by atoms with Crippen LogP contribution in [0.5, 0.6) is 0 Å². The van der Waals surface area contributed by atoms with Crippen molar-refractivity contribution in [1.29, 1.82) is 0 Å². The number of aryl methyl sites for hydroxylation is 1. The molecule has 2 nitrogen and oxygen atoms in total. The van der Waals surface area contributed by atoms with E-state index < -0.39 is 0 Å². The molecule has 0 N–H and O–H groups in total. The molecule has 64 heavy (non-hydrogen) atoms. The third-order valence-corrected chi connectivity index (χ3v) is 14.8. The molecule has 3 aliphatic rings. The molecular formula is C62H53NO. The highest BCUT2D eigenvalue weighted by atomic mass is 16.3. The molecule has 1 heterocycles. The van der Waals surface area contributed by atoms with Crippen LogP contribution in [0.1, 0.15) is 92.5 Å². The number of hydrogen-bond acceptors (Lipinski definition) is 2. The molecule has 0 saturated heterocycles. The van der Waals surface area contributed by atoms with Crippen LogP contribution in [0.2, 0.25) is 0 Å². The number of hydrogen-bond donors (Lipinski definition) is 0.